The Hall–Kier alpha value is -2.94. The fourth-order valence-corrected chi connectivity index (χ4v) is 6.49. The average Bonchev–Trinajstić information content (AvgIpc) is 2.90. The highest BCUT2D eigenvalue weighted by Crippen LogP contribution is 2.45. The van der Waals surface area contributed by atoms with E-state index in [9.17, 15) is 4.79 Å². The first kappa shape index (κ1) is 30.0. The maximum Gasteiger partial charge on any atom is 0.250 e. The number of rotatable bonds is 10. The first-order valence-electron chi connectivity index (χ1n) is 13.6. The highest BCUT2D eigenvalue weighted by molar-refractivity contribution is 7.99. The van der Waals surface area contributed by atoms with Crippen molar-refractivity contribution in [3.63, 3.8) is 0 Å². The van der Waals surface area contributed by atoms with Crippen molar-refractivity contribution >= 4 is 41.9 Å². The first-order valence-corrected chi connectivity index (χ1v) is 17.5. The third-order valence-corrected chi connectivity index (χ3v) is 13.1. The zero-order valence-electron chi connectivity index (χ0n) is 25.3. The van der Waals surface area contributed by atoms with E-state index in [1.807, 2.05) is 42.5 Å². The van der Waals surface area contributed by atoms with Crippen LogP contribution in [-0.2, 0) is 6.54 Å². The van der Waals surface area contributed by atoms with E-state index in [4.69, 9.17) is 13.9 Å². The van der Waals surface area contributed by atoms with Crippen LogP contribution in [0.4, 0.5) is 0 Å². The molecule has 0 aliphatic carbocycles. The summed E-state index contributed by atoms with van der Waals surface area (Å²) in [6, 6.07) is 18.1. The summed E-state index contributed by atoms with van der Waals surface area (Å²) in [5, 5.41) is 1.45. The summed E-state index contributed by atoms with van der Waals surface area (Å²) in [4.78, 5) is 16.8. The Bertz CT molecular complexity index is 1550. The number of benzene rings is 3. The Kier molecular flexibility index (Phi) is 8.92. The van der Waals surface area contributed by atoms with E-state index >= 15 is 0 Å². The molecule has 1 heterocycles. The average molecular weight is 579 g/mol. The summed E-state index contributed by atoms with van der Waals surface area (Å²) in [7, 11) is 5.35. The minimum Gasteiger partial charge on any atom is -0.539 e. The molecule has 1 aromatic heterocycles. The van der Waals surface area contributed by atoms with Gasteiger partial charge >= 0.3 is 0 Å². The quantitative estimate of drug-likeness (QED) is 0.112. The Labute approximate surface area is 243 Å². The van der Waals surface area contributed by atoms with E-state index in [0.29, 0.717) is 34.6 Å². The summed E-state index contributed by atoms with van der Waals surface area (Å²) < 4.78 is 20.6. The van der Waals surface area contributed by atoms with Gasteiger partial charge in [-0.15, -0.1) is 11.8 Å². The second-order valence-corrected chi connectivity index (χ2v) is 17.8. The fraction of sp³-hybridized carbons (Fsp3) is 0.406. The monoisotopic (exact) mass is 578 g/mol. The van der Waals surface area contributed by atoms with Gasteiger partial charge in [0.1, 0.15) is 0 Å². The molecule has 0 saturated carbocycles. The molecule has 3 aromatic carbocycles. The van der Waals surface area contributed by atoms with Crippen molar-refractivity contribution < 1.29 is 13.9 Å². The number of thioether (sulfide) groups is 1. The van der Waals surface area contributed by atoms with Gasteiger partial charge in [0, 0.05) is 34.5 Å². The van der Waals surface area contributed by atoms with Crippen molar-refractivity contribution in [2.75, 3.05) is 40.6 Å². The number of para-hydroxylation sites is 1. The fourth-order valence-electron chi connectivity index (χ4n) is 4.43. The molecule has 0 N–H and O–H groups in total. The number of aromatic nitrogens is 1. The molecule has 4 rings (SSSR count). The van der Waals surface area contributed by atoms with Crippen LogP contribution < -0.4 is 19.3 Å². The Morgan fingerprint density at radius 1 is 0.900 bits per heavy atom. The third-order valence-electron chi connectivity index (χ3n) is 7.78. The van der Waals surface area contributed by atoms with Crippen LogP contribution >= 0.6 is 11.8 Å². The molecule has 4 aromatic rings. The molecule has 0 unspecified atom stereocenters. The zero-order valence-corrected chi connectivity index (χ0v) is 27.1. The minimum atomic E-state index is -2.14. The van der Waals surface area contributed by atoms with Crippen LogP contribution in [0.2, 0.25) is 18.1 Å². The summed E-state index contributed by atoms with van der Waals surface area (Å²) in [5.41, 5.74) is 2.87. The molecule has 0 fully saturated rings. The largest absolute Gasteiger partial charge is 0.539 e. The van der Waals surface area contributed by atoms with Gasteiger partial charge in [0.05, 0.1) is 25.3 Å². The maximum absolute atomic E-state index is 13.5. The molecule has 0 radical (unpaired) electrons. The Morgan fingerprint density at radius 2 is 1.52 bits per heavy atom. The number of nitrogens with zero attached hydrogens (tertiary/aromatic N) is 2. The van der Waals surface area contributed by atoms with Crippen molar-refractivity contribution in [1.82, 2.24) is 9.47 Å². The van der Waals surface area contributed by atoms with Crippen molar-refractivity contribution in [1.29, 1.82) is 0 Å². The lowest BCUT2D eigenvalue weighted by Crippen LogP contribution is -2.44. The van der Waals surface area contributed by atoms with Crippen LogP contribution in [0.3, 0.4) is 0 Å². The highest BCUT2D eigenvalue weighted by Gasteiger charge is 2.40. The van der Waals surface area contributed by atoms with E-state index in [1.165, 1.54) is 0 Å². The van der Waals surface area contributed by atoms with E-state index in [2.05, 4.69) is 69.6 Å². The Morgan fingerprint density at radius 3 is 2.12 bits per heavy atom. The Balaban J connectivity index is 1.85. The minimum absolute atomic E-state index is 0.0255. The second-order valence-electron chi connectivity index (χ2n) is 12.0. The lowest BCUT2D eigenvalue weighted by molar-refractivity contribution is 0.353. The number of hydrogen-bond acceptors (Lipinski definition) is 6. The number of fused-ring (bicyclic) bond motifs is 2. The predicted molar refractivity (Wildman–Crippen MR) is 171 cm³/mol. The molecular weight excluding hydrogens is 537 g/mol. The van der Waals surface area contributed by atoms with Gasteiger partial charge < -0.3 is 23.4 Å². The van der Waals surface area contributed by atoms with Gasteiger partial charge in [-0.3, -0.25) is 4.79 Å². The molecule has 0 bridgehead atoms. The standard InChI is InChI=1S/C32H42N2O4SSi/c1-32(2,3)40(8,9)38-31-28(36-6)18-22(19-29(31)37-7)21-34-26-13-11-10-12-24(26)30(35)25-15-14-23(20-27(25)34)39-17-16-33(4)5/h10-15,18-20H,16-17,21H2,1-9H3. The molecule has 0 spiro atoms. The maximum atomic E-state index is 13.5. The SMILES string of the molecule is COc1cc(Cn2c3ccccc3c(=O)c3ccc(SCCN(C)C)cc32)cc(OC)c1O[Si](C)(C)C(C)(C)C. The topological polar surface area (TPSA) is 52.9 Å². The van der Waals surface area contributed by atoms with Gasteiger partial charge in [0.25, 0.3) is 8.32 Å². The van der Waals surface area contributed by atoms with E-state index in [0.717, 1.165) is 33.8 Å². The lowest BCUT2D eigenvalue weighted by atomic mass is 10.1. The van der Waals surface area contributed by atoms with E-state index in [-0.39, 0.29) is 10.5 Å². The van der Waals surface area contributed by atoms with E-state index in [1.54, 1.807) is 26.0 Å². The summed E-state index contributed by atoms with van der Waals surface area (Å²) in [5.74, 6) is 2.91. The number of methoxy groups -OCH3 is 2. The lowest BCUT2D eigenvalue weighted by Gasteiger charge is -2.37. The van der Waals surface area contributed by atoms with Gasteiger partial charge in [0.15, 0.2) is 22.7 Å². The van der Waals surface area contributed by atoms with Crippen LogP contribution in [-0.4, -0.2) is 58.4 Å². The van der Waals surface area contributed by atoms with Gasteiger partial charge in [-0.2, -0.15) is 0 Å². The summed E-state index contributed by atoms with van der Waals surface area (Å²) in [6.07, 6.45) is 0. The van der Waals surface area contributed by atoms with Crippen LogP contribution in [0, 0.1) is 0 Å². The van der Waals surface area contributed by atoms with Gasteiger partial charge in [-0.1, -0.05) is 32.9 Å². The summed E-state index contributed by atoms with van der Waals surface area (Å²) in [6.45, 7) is 12.6. The second kappa shape index (κ2) is 11.9. The molecule has 0 amide bonds. The third kappa shape index (κ3) is 6.19. The molecule has 0 aliphatic rings. The molecule has 8 heteroatoms. The number of ether oxygens (including phenoxy) is 2. The molecular formula is C32H42N2O4SSi. The zero-order chi connectivity index (χ0) is 29.2. The van der Waals surface area contributed by atoms with Crippen LogP contribution in [0.5, 0.6) is 17.2 Å². The molecule has 0 saturated heterocycles. The van der Waals surface area contributed by atoms with Gasteiger partial charge in [0.2, 0.25) is 0 Å². The van der Waals surface area contributed by atoms with E-state index < -0.39 is 8.32 Å². The number of pyridine rings is 1. The molecule has 214 valence electrons. The van der Waals surface area contributed by atoms with Crippen molar-refractivity contribution in [2.24, 2.45) is 0 Å². The van der Waals surface area contributed by atoms with Crippen molar-refractivity contribution in [3.05, 3.63) is 70.4 Å². The smallest absolute Gasteiger partial charge is 0.250 e. The van der Waals surface area contributed by atoms with Crippen LogP contribution in [0.25, 0.3) is 21.8 Å². The highest BCUT2D eigenvalue weighted by atomic mass is 32.2. The molecule has 6 nitrogen and oxygen atoms in total. The molecule has 40 heavy (non-hydrogen) atoms. The summed E-state index contributed by atoms with van der Waals surface area (Å²) >= 11 is 1.80. The van der Waals surface area contributed by atoms with Crippen molar-refractivity contribution in [2.45, 2.75) is 50.3 Å². The van der Waals surface area contributed by atoms with Gasteiger partial charge in [-0.25, -0.2) is 0 Å². The van der Waals surface area contributed by atoms with Gasteiger partial charge in [-0.05, 0) is 80.3 Å². The predicted octanol–water partition coefficient (Wildman–Crippen LogP) is 7.26. The number of hydrogen-bond donors (Lipinski definition) is 0. The molecule has 0 aliphatic heterocycles. The molecule has 0 atom stereocenters. The van der Waals surface area contributed by atoms with Crippen molar-refractivity contribution in [3.8, 4) is 17.2 Å². The normalized spacial score (nSPS) is 12.3. The first-order chi connectivity index (χ1) is 18.9. The van der Waals surface area contributed by atoms with Crippen LogP contribution in [0.1, 0.15) is 26.3 Å². The van der Waals surface area contributed by atoms with Crippen LogP contribution in [0.15, 0.2) is 64.3 Å².